The third-order valence-corrected chi connectivity index (χ3v) is 17.0. The summed E-state index contributed by atoms with van der Waals surface area (Å²) >= 11 is 0. The lowest BCUT2D eigenvalue weighted by atomic mass is 10.0. The summed E-state index contributed by atoms with van der Waals surface area (Å²) in [5.74, 6) is 0. The van der Waals surface area contributed by atoms with Gasteiger partial charge in [-0.3, -0.25) is 0 Å². The molecule has 0 aliphatic rings. The maximum absolute atomic E-state index is 6.65. The number of benzene rings is 10. The monoisotopic (exact) mass is 795 g/mol. The molecule has 0 spiro atoms. The minimum atomic E-state index is -2.68. The van der Waals surface area contributed by atoms with Gasteiger partial charge in [-0.15, -0.1) is 0 Å². The lowest BCUT2D eigenvalue weighted by Gasteiger charge is -2.34. The molecule has 288 valence electrons. The molecule has 2 nitrogen and oxygen atoms in total. The highest BCUT2D eigenvalue weighted by molar-refractivity contribution is 7.19. The molecule has 0 atom stereocenters. The van der Waals surface area contributed by atoms with Crippen molar-refractivity contribution in [1.82, 2.24) is 0 Å². The Balaban J connectivity index is 1.03. The maximum Gasteiger partial charge on any atom is 0.179 e. The van der Waals surface area contributed by atoms with Crippen molar-refractivity contribution in [2.75, 3.05) is 4.90 Å². The summed E-state index contributed by atoms with van der Waals surface area (Å²) in [4.78, 5) is 2.36. The zero-order valence-electron chi connectivity index (χ0n) is 33.5. The van der Waals surface area contributed by atoms with Crippen LogP contribution in [0.5, 0.6) is 0 Å². The first kappa shape index (κ1) is 36.4. The van der Waals surface area contributed by atoms with Crippen LogP contribution in [0.4, 0.5) is 17.1 Å². The Morgan fingerprint density at radius 2 is 0.754 bits per heavy atom. The summed E-state index contributed by atoms with van der Waals surface area (Å²) in [7, 11) is -2.68. The van der Waals surface area contributed by atoms with Crippen LogP contribution in [0.2, 0.25) is 0 Å². The first-order chi connectivity index (χ1) is 30.2. The van der Waals surface area contributed by atoms with E-state index >= 15 is 0 Å². The zero-order valence-corrected chi connectivity index (χ0v) is 34.5. The third kappa shape index (κ3) is 6.44. The molecule has 1 heterocycles. The second-order valence-electron chi connectivity index (χ2n) is 15.7. The predicted molar refractivity (Wildman–Crippen MR) is 260 cm³/mol. The average Bonchev–Trinajstić information content (AvgIpc) is 3.71. The number of furan rings is 1. The molecule has 61 heavy (non-hydrogen) atoms. The zero-order chi connectivity index (χ0) is 40.6. The van der Waals surface area contributed by atoms with E-state index in [1.54, 1.807) is 0 Å². The third-order valence-electron chi connectivity index (χ3n) is 12.2. The van der Waals surface area contributed by atoms with E-state index in [0.29, 0.717) is 0 Å². The van der Waals surface area contributed by atoms with Gasteiger partial charge in [-0.25, -0.2) is 0 Å². The molecule has 0 aliphatic heterocycles. The highest BCUT2D eigenvalue weighted by Crippen LogP contribution is 2.42. The Hall–Kier alpha value is -7.72. The topological polar surface area (TPSA) is 16.4 Å². The molecule has 3 heteroatoms. The van der Waals surface area contributed by atoms with Gasteiger partial charge in [-0.05, 0) is 90.9 Å². The lowest BCUT2D eigenvalue weighted by molar-refractivity contribution is 0.669. The van der Waals surface area contributed by atoms with Crippen molar-refractivity contribution >= 4 is 78.6 Å². The van der Waals surface area contributed by atoms with Crippen molar-refractivity contribution in [2.24, 2.45) is 0 Å². The van der Waals surface area contributed by atoms with Gasteiger partial charge in [-0.2, -0.15) is 0 Å². The molecule has 10 aromatic carbocycles. The van der Waals surface area contributed by atoms with Crippen molar-refractivity contribution in [3.63, 3.8) is 0 Å². The minimum absolute atomic E-state index is 0.860. The van der Waals surface area contributed by atoms with E-state index in [1.807, 2.05) is 6.07 Å². The second kappa shape index (κ2) is 15.5. The number of hydrogen-bond acceptors (Lipinski definition) is 2. The predicted octanol–water partition coefficient (Wildman–Crippen LogP) is 12.9. The Morgan fingerprint density at radius 3 is 1.43 bits per heavy atom. The number of nitrogens with zero attached hydrogens (tertiary/aromatic N) is 1. The molecule has 0 aliphatic carbocycles. The first-order valence-electron chi connectivity index (χ1n) is 20.9. The molecule has 11 rings (SSSR count). The number of anilines is 3. The fourth-order valence-corrected chi connectivity index (χ4v) is 14.1. The Labute approximate surface area is 357 Å². The van der Waals surface area contributed by atoms with Crippen LogP contribution >= 0.6 is 0 Å². The minimum Gasteiger partial charge on any atom is -0.456 e. The number of rotatable bonds is 9. The van der Waals surface area contributed by atoms with Crippen LogP contribution < -0.4 is 25.6 Å². The van der Waals surface area contributed by atoms with Crippen molar-refractivity contribution in [3.8, 4) is 22.3 Å². The summed E-state index contributed by atoms with van der Waals surface area (Å²) in [5.41, 5.74) is 9.64. The molecule has 0 unspecified atom stereocenters. The highest BCUT2D eigenvalue weighted by Gasteiger charge is 2.41. The molecular formula is C58H41NOSi. The standard InChI is InChI=1S/C58H41NOSi/c1-5-17-42(18-6-1)46-33-37-54-55-38-36-48(41-58(55)60-57(54)40-46)59(56-30-16-20-44-19-13-14-29-53(44)56)47-34-31-43(32-35-47)45-21-15-28-52(39-45)61(49-22-7-2-8-23-49,50-24-9-3-10-25-50)51-26-11-4-12-27-51/h1-41H. The van der Waals surface area contributed by atoms with Crippen LogP contribution in [0.1, 0.15) is 0 Å². The van der Waals surface area contributed by atoms with Gasteiger partial charge >= 0.3 is 0 Å². The van der Waals surface area contributed by atoms with Gasteiger partial charge in [0, 0.05) is 33.6 Å². The van der Waals surface area contributed by atoms with Crippen LogP contribution in [0.25, 0.3) is 55.0 Å². The van der Waals surface area contributed by atoms with Gasteiger partial charge in [0.2, 0.25) is 0 Å². The van der Waals surface area contributed by atoms with Crippen molar-refractivity contribution < 1.29 is 4.42 Å². The molecule has 11 aromatic rings. The normalized spacial score (nSPS) is 11.6. The van der Waals surface area contributed by atoms with Gasteiger partial charge in [0.05, 0.1) is 5.69 Å². The van der Waals surface area contributed by atoms with E-state index in [1.165, 1.54) is 48.2 Å². The van der Waals surface area contributed by atoms with Crippen LogP contribution in [-0.4, -0.2) is 8.07 Å². The fraction of sp³-hybridized carbons (Fsp3) is 0. The molecule has 0 saturated carbocycles. The largest absolute Gasteiger partial charge is 0.456 e. The molecule has 1 aromatic heterocycles. The molecular weight excluding hydrogens is 755 g/mol. The van der Waals surface area contributed by atoms with Gasteiger partial charge < -0.3 is 9.32 Å². The average molecular weight is 796 g/mol. The molecule has 0 N–H and O–H groups in total. The molecule has 0 amide bonds. The van der Waals surface area contributed by atoms with E-state index in [-0.39, 0.29) is 0 Å². The Kier molecular flexibility index (Phi) is 9.22. The Morgan fingerprint density at radius 1 is 0.295 bits per heavy atom. The van der Waals surface area contributed by atoms with E-state index in [9.17, 15) is 0 Å². The summed E-state index contributed by atoms with van der Waals surface area (Å²) in [6, 6.07) is 90.5. The molecule has 0 radical (unpaired) electrons. The smallest absolute Gasteiger partial charge is 0.179 e. The maximum atomic E-state index is 6.65. The van der Waals surface area contributed by atoms with Crippen LogP contribution in [0, 0.1) is 0 Å². The van der Waals surface area contributed by atoms with Gasteiger partial charge in [0.25, 0.3) is 0 Å². The van der Waals surface area contributed by atoms with Crippen LogP contribution in [0.15, 0.2) is 253 Å². The molecule has 0 bridgehead atoms. The van der Waals surface area contributed by atoms with Gasteiger partial charge in [0.1, 0.15) is 11.2 Å². The van der Waals surface area contributed by atoms with Crippen LogP contribution in [-0.2, 0) is 0 Å². The second-order valence-corrected chi connectivity index (χ2v) is 19.5. The van der Waals surface area contributed by atoms with Crippen molar-refractivity contribution in [2.45, 2.75) is 0 Å². The van der Waals surface area contributed by atoms with Gasteiger partial charge in [-0.1, -0.05) is 200 Å². The Bertz CT molecular complexity index is 3190. The van der Waals surface area contributed by atoms with Gasteiger partial charge in [0.15, 0.2) is 8.07 Å². The number of fused-ring (bicyclic) bond motifs is 4. The summed E-state index contributed by atoms with van der Waals surface area (Å²) in [6.45, 7) is 0. The van der Waals surface area contributed by atoms with Crippen molar-refractivity contribution in [1.29, 1.82) is 0 Å². The summed E-state index contributed by atoms with van der Waals surface area (Å²) in [6.07, 6.45) is 0. The molecule has 0 saturated heterocycles. The van der Waals surface area contributed by atoms with E-state index in [4.69, 9.17) is 4.42 Å². The van der Waals surface area contributed by atoms with Crippen molar-refractivity contribution in [3.05, 3.63) is 249 Å². The SMILES string of the molecule is c1ccc(-c2ccc3c(c2)oc2cc(N(c4ccc(-c5cccc([Si](c6ccccc6)(c6ccccc6)c6ccccc6)c5)cc4)c4cccc5ccccc45)ccc23)cc1. The quantitative estimate of drug-likeness (QED) is 0.107. The lowest BCUT2D eigenvalue weighted by Crippen LogP contribution is -2.74. The van der Waals surface area contributed by atoms with E-state index in [2.05, 4.69) is 248 Å². The highest BCUT2D eigenvalue weighted by atomic mass is 28.3. The van der Waals surface area contributed by atoms with E-state index < -0.39 is 8.07 Å². The summed E-state index contributed by atoms with van der Waals surface area (Å²) in [5, 5.41) is 10.0. The van der Waals surface area contributed by atoms with Crippen LogP contribution in [0.3, 0.4) is 0 Å². The molecule has 0 fully saturated rings. The first-order valence-corrected chi connectivity index (χ1v) is 22.9. The van der Waals surface area contributed by atoms with E-state index in [0.717, 1.165) is 44.6 Å². The number of hydrogen-bond donors (Lipinski definition) is 0. The summed E-state index contributed by atoms with van der Waals surface area (Å²) < 4.78 is 6.65. The fourth-order valence-electron chi connectivity index (χ4n) is 9.34.